The lowest BCUT2D eigenvalue weighted by molar-refractivity contribution is -0.117. The highest BCUT2D eigenvalue weighted by atomic mass is 16.1. The molecular formula is C8H15NO2. The summed E-state index contributed by atoms with van der Waals surface area (Å²) in [6.07, 6.45) is 2.67. The summed E-state index contributed by atoms with van der Waals surface area (Å²) in [4.78, 5) is 20.6. The predicted octanol–water partition coefficient (Wildman–Crippen LogP) is 0.533. The molecule has 0 aliphatic rings. The zero-order valence-electron chi connectivity index (χ0n) is 7.09. The number of hydrogen-bond acceptors (Lipinski definition) is 3. The number of nitrogens with one attached hydrogen (secondary N) is 1. The monoisotopic (exact) mass is 157 g/mol. The second kappa shape index (κ2) is 6.04. The van der Waals surface area contributed by atoms with Crippen LogP contribution in [0, 0.1) is 0 Å². The number of carbonyl (C=O) groups is 2. The summed E-state index contributed by atoms with van der Waals surface area (Å²) < 4.78 is 0. The molecule has 0 heterocycles. The molecule has 0 amide bonds. The van der Waals surface area contributed by atoms with Gasteiger partial charge in [-0.1, -0.05) is 0 Å². The molecular weight excluding hydrogens is 142 g/mol. The van der Waals surface area contributed by atoms with Gasteiger partial charge in [-0.3, -0.25) is 4.79 Å². The van der Waals surface area contributed by atoms with Gasteiger partial charge in [0.1, 0.15) is 12.1 Å². The van der Waals surface area contributed by atoms with E-state index >= 15 is 0 Å². The highest BCUT2D eigenvalue weighted by molar-refractivity contribution is 5.76. The molecule has 0 aromatic carbocycles. The van der Waals surface area contributed by atoms with Crippen LogP contribution < -0.4 is 5.32 Å². The fourth-order valence-corrected chi connectivity index (χ4v) is 0.965. The minimum Gasteiger partial charge on any atom is -0.317 e. The zero-order valence-corrected chi connectivity index (χ0v) is 7.09. The van der Waals surface area contributed by atoms with Crippen LogP contribution in [0.4, 0.5) is 0 Å². The normalized spacial score (nSPS) is 12.5. The zero-order chi connectivity index (χ0) is 8.69. The maximum absolute atomic E-state index is 10.6. The fraction of sp³-hybridized carbons (Fsp3) is 0.750. The molecule has 0 saturated carbocycles. The Bertz CT molecular complexity index is 134. The van der Waals surface area contributed by atoms with Crippen molar-refractivity contribution in [3.8, 4) is 0 Å². The van der Waals surface area contributed by atoms with Crippen molar-refractivity contribution in [1.29, 1.82) is 0 Å². The number of carbonyl (C=O) groups excluding carboxylic acids is 2. The molecule has 0 saturated heterocycles. The Morgan fingerprint density at radius 3 is 2.64 bits per heavy atom. The Morgan fingerprint density at radius 1 is 1.64 bits per heavy atom. The van der Waals surface area contributed by atoms with Gasteiger partial charge in [0.2, 0.25) is 0 Å². The molecule has 0 bridgehead atoms. The molecule has 11 heavy (non-hydrogen) atoms. The van der Waals surface area contributed by atoms with Crippen LogP contribution in [0.3, 0.4) is 0 Å². The minimum atomic E-state index is 0.162. The maximum atomic E-state index is 10.6. The van der Waals surface area contributed by atoms with Gasteiger partial charge >= 0.3 is 0 Å². The predicted molar refractivity (Wildman–Crippen MR) is 43.4 cm³/mol. The van der Waals surface area contributed by atoms with Crippen LogP contribution in [0.25, 0.3) is 0 Å². The molecule has 0 radical (unpaired) electrons. The highest BCUT2D eigenvalue weighted by Crippen LogP contribution is 2.00. The highest BCUT2D eigenvalue weighted by Gasteiger charge is 2.07. The van der Waals surface area contributed by atoms with E-state index in [0.29, 0.717) is 12.8 Å². The largest absolute Gasteiger partial charge is 0.317 e. The maximum Gasteiger partial charge on any atom is 0.131 e. The lowest BCUT2D eigenvalue weighted by Gasteiger charge is -2.11. The molecule has 0 aromatic heterocycles. The Hall–Kier alpha value is -0.700. The number of rotatable bonds is 6. The number of aldehydes is 1. The summed E-state index contributed by atoms with van der Waals surface area (Å²) in [5, 5.41) is 2.99. The van der Waals surface area contributed by atoms with E-state index in [1.165, 1.54) is 0 Å². The number of Topliss-reactive ketones (excluding diaryl/α,β-unsaturated/α-hetero) is 1. The topological polar surface area (TPSA) is 46.2 Å². The fourth-order valence-electron chi connectivity index (χ4n) is 0.965. The van der Waals surface area contributed by atoms with Crippen molar-refractivity contribution in [2.75, 3.05) is 7.05 Å². The lowest BCUT2D eigenvalue weighted by atomic mass is 10.1. The summed E-state index contributed by atoms with van der Waals surface area (Å²) in [5.41, 5.74) is 0. The van der Waals surface area contributed by atoms with E-state index in [9.17, 15) is 9.59 Å². The SMILES string of the molecule is CNC(CCC=O)CC(C)=O. The van der Waals surface area contributed by atoms with Gasteiger partial charge in [-0.15, -0.1) is 0 Å². The second-order valence-corrected chi connectivity index (χ2v) is 2.64. The van der Waals surface area contributed by atoms with E-state index in [2.05, 4.69) is 5.32 Å². The van der Waals surface area contributed by atoms with Gasteiger partial charge in [0.25, 0.3) is 0 Å². The van der Waals surface area contributed by atoms with E-state index in [-0.39, 0.29) is 11.8 Å². The van der Waals surface area contributed by atoms with E-state index in [1.54, 1.807) is 14.0 Å². The van der Waals surface area contributed by atoms with E-state index in [4.69, 9.17) is 0 Å². The van der Waals surface area contributed by atoms with Gasteiger partial charge in [0.05, 0.1) is 0 Å². The van der Waals surface area contributed by atoms with Gasteiger partial charge in [0, 0.05) is 18.9 Å². The third-order valence-corrected chi connectivity index (χ3v) is 1.58. The van der Waals surface area contributed by atoms with Gasteiger partial charge in [0.15, 0.2) is 0 Å². The first kappa shape index (κ1) is 10.3. The molecule has 3 nitrogen and oxygen atoms in total. The van der Waals surface area contributed by atoms with Crippen molar-refractivity contribution in [2.45, 2.75) is 32.2 Å². The summed E-state index contributed by atoms with van der Waals surface area (Å²) in [6.45, 7) is 1.56. The van der Waals surface area contributed by atoms with Gasteiger partial charge < -0.3 is 10.1 Å². The van der Waals surface area contributed by atoms with Crippen molar-refractivity contribution in [3.05, 3.63) is 0 Å². The average molecular weight is 157 g/mol. The summed E-state index contributed by atoms with van der Waals surface area (Å²) in [5.74, 6) is 0.162. The van der Waals surface area contributed by atoms with Crippen LogP contribution in [0.1, 0.15) is 26.2 Å². The van der Waals surface area contributed by atoms with Crippen molar-refractivity contribution < 1.29 is 9.59 Å². The van der Waals surface area contributed by atoms with Crippen LogP contribution in [0.5, 0.6) is 0 Å². The van der Waals surface area contributed by atoms with Crippen molar-refractivity contribution >= 4 is 12.1 Å². The van der Waals surface area contributed by atoms with E-state index in [0.717, 1.165) is 12.7 Å². The summed E-state index contributed by atoms with van der Waals surface area (Å²) in [6, 6.07) is 0.165. The third kappa shape index (κ3) is 5.73. The molecule has 0 aliphatic heterocycles. The van der Waals surface area contributed by atoms with Crippen LogP contribution in [0.15, 0.2) is 0 Å². The first-order valence-electron chi connectivity index (χ1n) is 3.81. The number of ketones is 1. The molecule has 1 N–H and O–H groups in total. The Kier molecular flexibility index (Phi) is 5.65. The van der Waals surface area contributed by atoms with Crippen molar-refractivity contribution in [1.82, 2.24) is 5.32 Å². The molecule has 0 spiro atoms. The van der Waals surface area contributed by atoms with Crippen LogP contribution in [0.2, 0.25) is 0 Å². The van der Waals surface area contributed by atoms with Crippen molar-refractivity contribution in [2.24, 2.45) is 0 Å². The molecule has 64 valence electrons. The molecule has 0 aliphatic carbocycles. The van der Waals surface area contributed by atoms with E-state index < -0.39 is 0 Å². The Morgan fingerprint density at radius 2 is 2.27 bits per heavy atom. The van der Waals surface area contributed by atoms with Crippen LogP contribution in [-0.4, -0.2) is 25.2 Å². The van der Waals surface area contributed by atoms with Crippen LogP contribution in [-0.2, 0) is 9.59 Å². The molecule has 1 unspecified atom stereocenters. The standard InChI is InChI=1S/C8H15NO2/c1-7(11)6-8(9-2)4-3-5-10/h5,8-9H,3-4,6H2,1-2H3. The Balaban J connectivity index is 3.57. The van der Waals surface area contributed by atoms with Gasteiger partial charge in [-0.2, -0.15) is 0 Å². The van der Waals surface area contributed by atoms with Gasteiger partial charge in [-0.25, -0.2) is 0 Å². The molecule has 0 fully saturated rings. The summed E-state index contributed by atoms with van der Waals surface area (Å²) in [7, 11) is 1.80. The van der Waals surface area contributed by atoms with Crippen molar-refractivity contribution in [3.63, 3.8) is 0 Å². The molecule has 1 atom stereocenters. The smallest absolute Gasteiger partial charge is 0.131 e. The molecule has 3 heteroatoms. The lowest BCUT2D eigenvalue weighted by Crippen LogP contribution is -2.27. The minimum absolute atomic E-state index is 0.162. The van der Waals surface area contributed by atoms with Crippen LogP contribution >= 0.6 is 0 Å². The first-order valence-corrected chi connectivity index (χ1v) is 3.81. The second-order valence-electron chi connectivity index (χ2n) is 2.64. The average Bonchev–Trinajstić information content (AvgIpc) is 1.97. The third-order valence-electron chi connectivity index (χ3n) is 1.58. The van der Waals surface area contributed by atoms with Gasteiger partial charge in [-0.05, 0) is 20.4 Å². The molecule has 0 rings (SSSR count). The number of hydrogen-bond donors (Lipinski definition) is 1. The summed E-state index contributed by atoms with van der Waals surface area (Å²) >= 11 is 0. The first-order chi connectivity index (χ1) is 5.20. The Labute approximate surface area is 67.2 Å². The van der Waals surface area contributed by atoms with E-state index in [1.807, 2.05) is 0 Å². The molecule has 0 aromatic rings. The quantitative estimate of drug-likeness (QED) is 0.572.